The second-order valence-corrected chi connectivity index (χ2v) is 14.0. The molecule has 2 aromatic rings. The van der Waals surface area contributed by atoms with E-state index in [2.05, 4.69) is 20.3 Å². The minimum Gasteiger partial charge on any atom is -0.337 e. The number of hydrogen-bond acceptors (Lipinski definition) is 9. The Labute approximate surface area is 226 Å². The van der Waals surface area contributed by atoms with Crippen molar-refractivity contribution in [2.45, 2.75) is 67.8 Å². The highest BCUT2D eigenvalue weighted by molar-refractivity contribution is 7.92. The monoisotopic (exact) mass is 556 g/mol. The van der Waals surface area contributed by atoms with Crippen LogP contribution >= 0.6 is 11.3 Å². The smallest absolute Gasteiger partial charge is 0.278 e. The van der Waals surface area contributed by atoms with E-state index in [0.29, 0.717) is 35.6 Å². The van der Waals surface area contributed by atoms with Gasteiger partial charge in [-0.1, -0.05) is 12.1 Å². The number of fused-ring (bicyclic) bond motifs is 2. The van der Waals surface area contributed by atoms with Crippen molar-refractivity contribution in [3.8, 4) is 0 Å². The second kappa shape index (κ2) is 10.0. The molecule has 2 bridgehead atoms. The second-order valence-electron chi connectivity index (χ2n) is 10.6. The van der Waals surface area contributed by atoms with Gasteiger partial charge in [0.1, 0.15) is 0 Å². The van der Waals surface area contributed by atoms with E-state index < -0.39 is 9.84 Å². The summed E-state index contributed by atoms with van der Waals surface area (Å²) in [6.45, 7) is 5.58. The Kier molecular flexibility index (Phi) is 6.73. The molecular weight excluding hydrogens is 524 g/mol. The van der Waals surface area contributed by atoms with Crippen LogP contribution < -0.4 is 5.32 Å². The highest BCUT2D eigenvalue weighted by Gasteiger charge is 2.44. The summed E-state index contributed by atoms with van der Waals surface area (Å²) in [4.78, 5) is 35.3. The lowest BCUT2D eigenvalue weighted by Gasteiger charge is -2.33. The third-order valence-corrected chi connectivity index (χ3v) is 11.0. The van der Waals surface area contributed by atoms with Crippen molar-refractivity contribution in [3.63, 3.8) is 0 Å². The maximum Gasteiger partial charge on any atom is 0.278 e. The van der Waals surface area contributed by atoms with Crippen LogP contribution in [0.5, 0.6) is 0 Å². The average molecular weight is 557 g/mol. The van der Waals surface area contributed by atoms with Crippen LogP contribution in [0.2, 0.25) is 0 Å². The zero-order valence-electron chi connectivity index (χ0n) is 21.4. The number of benzene rings is 1. The molecule has 10 nitrogen and oxygen atoms in total. The summed E-state index contributed by atoms with van der Waals surface area (Å²) in [5.74, 6) is -0.224. The standard InChI is InChI=1S/C26H32N6O4S2/c1-17(33)32-15-19-12-20(32)14-30(19)16-21-13-27-26(37-21)28-25(34)24(29-31-10-2-3-11-31)18-4-6-22(7-5-18)38(35,36)23-8-9-23/h4-7,13,19-20,23H,2-3,8-12,14-16H2,1H3,(H,27,28,34)/b29-24+/t19-,20-/m0/s1. The van der Waals surface area contributed by atoms with E-state index in [0.717, 1.165) is 56.9 Å². The summed E-state index contributed by atoms with van der Waals surface area (Å²) in [5.41, 5.74) is 0.823. The molecule has 3 saturated heterocycles. The molecule has 0 radical (unpaired) electrons. The summed E-state index contributed by atoms with van der Waals surface area (Å²) in [6.07, 6.45) is 6.27. The maximum atomic E-state index is 13.4. The number of carbonyl (C=O) groups is 2. The van der Waals surface area contributed by atoms with E-state index in [1.165, 1.54) is 11.3 Å². The Morgan fingerprint density at radius 3 is 2.47 bits per heavy atom. The number of anilines is 1. The van der Waals surface area contributed by atoms with Gasteiger partial charge in [0.05, 0.1) is 10.1 Å². The number of hydrazone groups is 1. The molecule has 4 aliphatic rings. The Hall–Kier alpha value is -2.83. The van der Waals surface area contributed by atoms with Gasteiger partial charge in [0.15, 0.2) is 20.7 Å². The van der Waals surface area contributed by atoms with Gasteiger partial charge in [-0.15, -0.1) is 11.3 Å². The van der Waals surface area contributed by atoms with E-state index in [-0.39, 0.29) is 27.7 Å². The number of nitrogens with zero attached hydrogens (tertiary/aromatic N) is 5. The lowest BCUT2D eigenvalue weighted by molar-refractivity contribution is -0.131. The highest BCUT2D eigenvalue weighted by Crippen LogP contribution is 2.34. The predicted molar refractivity (Wildman–Crippen MR) is 145 cm³/mol. The molecule has 3 aliphatic heterocycles. The summed E-state index contributed by atoms with van der Waals surface area (Å²) in [6, 6.07) is 7.16. The first-order valence-electron chi connectivity index (χ1n) is 13.2. The van der Waals surface area contributed by atoms with Gasteiger partial charge in [-0.3, -0.25) is 24.8 Å². The molecule has 1 saturated carbocycles. The van der Waals surface area contributed by atoms with E-state index in [4.69, 9.17) is 0 Å². The van der Waals surface area contributed by atoms with Crippen molar-refractivity contribution in [1.82, 2.24) is 19.8 Å². The summed E-state index contributed by atoms with van der Waals surface area (Å²) in [5, 5.41) is 9.67. The normalized spacial score (nSPS) is 23.9. The Morgan fingerprint density at radius 1 is 1.11 bits per heavy atom. The quantitative estimate of drug-likeness (QED) is 0.496. The number of rotatable bonds is 8. The van der Waals surface area contributed by atoms with Crippen LogP contribution in [0.15, 0.2) is 40.5 Å². The van der Waals surface area contributed by atoms with Crippen LogP contribution in [0.4, 0.5) is 5.13 Å². The molecule has 12 heteroatoms. The van der Waals surface area contributed by atoms with Crippen LogP contribution in [0, 0.1) is 0 Å². The lowest BCUT2D eigenvalue weighted by Crippen LogP contribution is -2.47. The first kappa shape index (κ1) is 25.4. The van der Waals surface area contributed by atoms with Crippen molar-refractivity contribution >= 4 is 43.8 Å². The van der Waals surface area contributed by atoms with Crippen LogP contribution in [-0.4, -0.2) is 89.2 Å². The van der Waals surface area contributed by atoms with Gasteiger partial charge in [-0.05, 0) is 44.2 Å². The fraction of sp³-hybridized carbons (Fsp3) is 0.538. The third-order valence-electron chi connectivity index (χ3n) is 7.85. The van der Waals surface area contributed by atoms with Gasteiger partial charge in [-0.25, -0.2) is 13.4 Å². The van der Waals surface area contributed by atoms with E-state index >= 15 is 0 Å². The predicted octanol–water partition coefficient (Wildman–Crippen LogP) is 2.32. The first-order chi connectivity index (χ1) is 18.3. The van der Waals surface area contributed by atoms with Gasteiger partial charge >= 0.3 is 0 Å². The zero-order chi connectivity index (χ0) is 26.4. The third kappa shape index (κ3) is 5.08. The number of piperazine rings is 1. The maximum absolute atomic E-state index is 13.4. The number of carbonyl (C=O) groups excluding carboxylic acids is 2. The number of likely N-dealkylation sites (tertiary alicyclic amines) is 2. The minimum atomic E-state index is -3.30. The Bertz CT molecular complexity index is 1360. The van der Waals surface area contributed by atoms with Gasteiger partial charge in [0, 0.05) is 68.4 Å². The average Bonchev–Trinajstić information content (AvgIpc) is 3.22. The highest BCUT2D eigenvalue weighted by atomic mass is 32.2. The number of sulfone groups is 1. The summed E-state index contributed by atoms with van der Waals surface area (Å²) >= 11 is 1.44. The SMILES string of the molecule is CC(=O)N1C[C@@H]2C[C@H]1CN2Cc1cnc(NC(=O)/C(=N/N2CCCC2)c2ccc(S(=O)(=O)C3CC3)cc2)s1. The molecule has 1 aromatic heterocycles. The molecule has 6 rings (SSSR count). The summed E-state index contributed by atoms with van der Waals surface area (Å²) < 4.78 is 25.2. The van der Waals surface area contributed by atoms with Crippen molar-refractivity contribution in [1.29, 1.82) is 0 Å². The molecule has 4 fully saturated rings. The topological polar surface area (TPSA) is 115 Å². The van der Waals surface area contributed by atoms with Crippen LogP contribution in [0.25, 0.3) is 0 Å². The fourth-order valence-corrected chi connectivity index (χ4v) is 8.16. The molecular formula is C26H32N6O4S2. The number of aromatic nitrogens is 1. The van der Waals surface area contributed by atoms with Crippen molar-refractivity contribution in [2.24, 2.45) is 5.10 Å². The number of nitrogens with one attached hydrogen (secondary N) is 1. The van der Waals surface area contributed by atoms with Gasteiger partial charge < -0.3 is 4.90 Å². The Morgan fingerprint density at radius 2 is 1.84 bits per heavy atom. The molecule has 0 spiro atoms. The van der Waals surface area contributed by atoms with E-state index in [1.54, 1.807) is 37.4 Å². The fourth-order valence-electron chi connectivity index (χ4n) is 5.67. The molecule has 1 aliphatic carbocycles. The molecule has 1 N–H and O–H groups in total. The molecule has 202 valence electrons. The number of amides is 2. The van der Waals surface area contributed by atoms with Crippen LogP contribution in [-0.2, 0) is 26.0 Å². The molecule has 38 heavy (non-hydrogen) atoms. The minimum absolute atomic E-state index is 0.144. The van der Waals surface area contributed by atoms with E-state index in [9.17, 15) is 18.0 Å². The lowest BCUT2D eigenvalue weighted by atomic mass is 10.1. The van der Waals surface area contributed by atoms with Crippen molar-refractivity contribution in [2.75, 3.05) is 31.5 Å². The van der Waals surface area contributed by atoms with E-state index in [1.807, 2.05) is 9.91 Å². The number of hydrogen-bond donors (Lipinski definition) is 1. The summed E-state index contributed by atoms with van der Waals surface area (Å²) in [7, 11) is -3.30. The molecule has 0 unspecified atom stereocenters. The first-order valence-corrected chi connectivity index (χ1v) is 15.6. The molecule has 1 aromatic carbocycles. The Balaban J connectivity index is 1.15. The van der Waals surface area contributed by atoms with Gasteiger partial charge in [-0.2, -0.15) is 5.10 Å². The van der Waals surface area contributed by atoms with Crippen molar-refractivity contribution in [3.05, 3.63) is 40.9 Å². The number of thiazole rings is 1. The van der Waals surface area contributed by atoms with Gasteiger partial charge in [0.25, 0.3) is 5.91 Å². The molecule has 2 amide bonds. The van der Waals surface area contributed by atoms with Gasteiger partial charge in [0.2, 0.25) is 5.91 Å². The van der Waals surface area contributed by atoms with Crippen molar-refractivity contribution < 1.29 is 18.0 Å². The molecule has 2 atom stereocenters. The zero-order valence-corrected chi connectivity index (χ0v) is 23.0. The van der Waals surface area contributed by atoms with Crippen LogP contribution in [0.1, 0.15) is 49.5 Å². The largest absolute Gasteiger partial charge is 0.337 e. The van der Waals surface area contributed by atoms with Crippen LogP contribution in [0.3, 0.4) is 0 Å². The molecule has 4 heterocycles.